The summed E-state index contributed by atoms with van der Waals surface area (Å²) >= 11 is 0. The summed E-state index contributed by atoms with van der Waals surface area (Å²) in [6.45, 7) is 1.99. The van der Waals surface area contributed by atoms with Crippen molar-refractivity contribution < 1.29 is 19.5 Å². The van der Waals surface area contributed by atoms with Gasteiger partial charge in [-0.3, -0.25) is 9.59 Å². The maximum atomic E-state index is 12.5. The van der Waals surface area contributed by atoms with Crippen LogP contribution in [-0.4, -0.2) is 47.4 Å². The Labute approximate surface area is 153 Å². The van der Waals surface area contributed by atoms with E-state index >= 15 is 0 Å². The number of carboxylic acids is 1. The van der Waals surface area contributed by atoms with E-state index in [2.05, 4.69) is 5.32 Å². The molecule has 2 fully saturated rings. The standard InChI is InChI=1S/C20H26N2O4/c23-18(10-7-14-5-8-16(9-6-14)20(25)26)22-11-1-2-17(13-22)19(24)21-12-15-3-4-15/h5-6,8-9,15,17H,1-4,7,10-13H2,(H,21,24)(H,25,26). The lowest BCUT2D eigenvalue weighted by Gasteiger charge is -2.32. The van der Waals surface area contributed by atoms with Crippen molar-refractivity contribution in [2.24, 2.45) is 11.8 Å². The van der Waals surface area contributed by atoms with Gasteiger partial charge in [-0.25, -0.2) is 4.79 Å². The molecular formula is C20H26N2O4. The van der Waals surface area contributed by atoms with Crippen molar-refractivity contribution in [1.29, 1.82) is 0 Å². The molecule has 0 aromatic heterocycles. The van der Waals surface area contributed by atoms with Gasteiger partial charge in [0.25, 0.3) is 0 Å². The summed E-state index contributed by atoms with van der Waals surface area (Å²) in [4.78, 5) is 37.4. The number of likely N-dealkylation sites (tertiary alicyclic amines) is 1. The largest absolute Gasteiger partial charge is 0.478 e. The molecule has 0 bridgehead atoms. The molecular weight excluding hydrogens is 332 g/mol. The molecule has 1 saturated heterocycles. The quantitative estimate of drug-likeness (QED) is 0.781. The minimum Gasteiger partial charge on any atom is -0.478 e. The van der Waals surface area contributed by atoms with Crippen LogP contribution in [0.25, 0.3) is 0 Å². The van der Waals surface area contributed by atoms with Crippen LogP contribution in [-0.2, 0) is 16.0 Å². The Morgan fingerprint density at radius 2 is 1.85 bits per heavy atom. The predicted octanol–water partition coefficient (Wildman–Crippen LogP) is 2.08. The molecule has 1 aliphatic heterocycles. The van der Waals surface area contributed by atoms with E-state index in [0.29, 0.717) is 31.8 Å². The highest BCUT2D eigenvalue weighted by molar-refractivity contribution is 5.87. The van der Waals surface area contributed by atoms with Gasteiger partial charge < -0.3 is 15.3 Å². The molecule has 2 N–H and O–H groups in total. The highest BCUT2D eigenvalue weighted by Crippen LogP contribution is 2.28. The zero-order valence-electron chi connectivity index (χ0n) is 14.9. The van der Waals surface area contributed by atoms with Crippen LogP contribution in [0.5, 0.6) is 0 Å². The van der Waals surface area contributed by atoms with E-state index < -0.39 is 5.97 Å². The highest BCUT2D eigenvalue weighted by Gasteiger charge is 2.29. The van der Waals surface area contributed by atoms with Gasteiger partial charge in [-0.1, -0.05) is 12.1 Å². The molecule has 1 atom stereocenters. The molecule has 140 valence electrons. The monoisotopic (exact) mass is 358 g/mol. The number of hydrogen-bond donors (Lipinski definition) is 2. The number of aryl methyl sites for hydroxylation is 1. The lowest BCUT2D eigenvalue weighted by atomic mass is 9.96. The van der Waals surface area contributed by atoms with E-state index in [1.807, 2.05) is 0 Å². The third-order valence-electron chi connectivity index (χ3n) is 5.24. The van der Waals surface area contributed by atoms with Crippen LogP contribution in [0, 0.1) is 11.8 Å². The van der Waals surface area contributed by atoms with E-state index in [4.69, 9.17) is 5.11 Å². The van der Waals surface area contributed by atoms with Crippen LogP contribution in [0.15, 0.2) is 24.3 Å². The van der Waals surface area contributed by atoms with Gasteiger partial charge in [-0.15, -0.1) is 0 Å². The van der Waals surface area contributed by atoms with Gasteiger partial charge in [-0.2, -0.15) is 0 Å². The van der Waals surface area contributed by atoms with Crippen LogP contribution >= 0.6 is 0 Å². The number of hydrogen-bond acceptors (Lipinski definition) is 3. The highest BCUT2D eigenvalue weighted by atomic mass is 16.4. The molecule has 1 aromatic carbocycles. The van der Waals surface area contributed by atoms with Crippen molar-refractivity contribution in [1.82, 2.24) is 10.2 Å². The lowest BCUT2D eigenvalue weighted by Crippen LogP contribution is -2.45. The van der Waals surface area contributed by atoms with Crippen molar-refractivity contribution in [3.63, 3.8) is 0 Å². The molecule has 2 aliphatic rings. The summed E-state index contributed by atoms with van der Waals surface area (Å²) < 4.78 is 0. The van der Waals surface area contributed by atoms with Crippen molar-refractivity contribution in [2.45, 2.75) is 38.5 Å². The average Bonchev–Trinajstić information content (AvgIpc) is 3.49. The van der Waals surface area contributed by atoms with Gasteiger partial charge in [0.1, 0.15) is 0 Å². The number of carbonyl (C=O) groups excluding carboxylic acids is 2. The SMILES string of the molecule is O=C(O)c1ccc(CCC(=O)N2CCCC(C(=O)NCC3CC3)C2)cc1. The molecule has 1 aromatic rings. The van der Waals surface area contributed by atoms with Crippen LogP contribution in [0.3, 0.4) is 0 Å². The zero-order valence-corrected chi connectivity index (χ0v) is 14.9. The first-order valence-electron chi connectivity index (χ1n) is 9.40. The maximum Gasteiger partial charge on any atom is 0.335 e. The van der Waals surface area contributed by atoms with E-state index in [0.717, 1.165) is 24.9 Å². The molecule has 1 aliphatic carbocycles. The van der Waals surface area contributed by atoms with Crippen LogP contribution in [0.1, 0.15) is 48.0 Å². The lowest BCUT2D eigenvalue weighted by molar-refractivity contribution is -0.135. The van der Waals surface area contributed by atoms with E-state index in [-0.39, 0.29) is 23.3 Å². The fourth-order valence-electron chi connectivity index (χ4n) is 3.35. The Bertz CT molecular complexity index is 667. The Hall–Kier alpha value is -2.37. The number of carboxylic acid groups (broad SMARTS) is 1. The number of amides is 2. The van der Waals surface area contributed by atoms with Gasteiger partial charge in [0.15, 0.2) is 0 Å². The smallest absolute Gasteiger partial charge is 0.335 e. The number of piperidine rings is 1. The van der Waals surface area contributed by atoms with Gasteiger partial charge in [0.2, 0.25) is 11.8 Å². The van der Waals surface area contributed by atoms with Crippen molar-refractivity contribution in [3.8, 4) is 0 Å². The number of benzene rings is 1. The minimum atomic E-state index is -0.952. The summed E-state index contributed by atoms with van der Waals surface area (Å²) in [5, 5.41) is 11.9. The number of rotatable bonds is 7. The molecule has 26 heavy (non-hydrogen) atoms. The summed E-state index contributed by atoms with van der Waals surface area (Å²) in [7, 11) is 0. The predicted molar refractivity (Wildman–Crippen MR) is 96.8 cm³/mol. The van der Waals surface area contributed by atoms with Crippen LogP contribution in [0.2, 0.25) is 0 Å². The fourth-order valence-corrected chi connectivity index (χ4v) is 3.35. The molecule has 6 heteroatoms. The Kier molecular flexibility index (Phi) is 5.91. The first kappa shape index (κ1) is 18.4. The minimum absolute atomic E-state index is 0.0620. The van der Waals surface area contributed by atoms with Crippen molar-refractivity contribution >= 4 is 17.8 Å². The second kappa shape index (κ2) is 8.34. The molecule has 1 saturated carbocycles. The summed E-state index contributed by atoms with van der Waals surface area (Å²) in [6, 6.07) is 6.62. The van der Waals surface area contributed by atoms with Crippen LogP contribution < -0.4 is 5.32 Å². The topological polar surface area (TPSA) is 86.7 Å². The molecule has 1 heterocycles. The molecule has 6 nitrogen and oxygen atoms in total. The Balaban J connectivity index is 1.45. The van der Waals surface area contributed by atoms with Gasteiger partial charge in [0.05, 0.1) is 11.5 Å². The number of nitrogens with zero attached hydrogens (tertiary/aromatic N) is 1. The van der Waals surface area contributed by atoms with Gasteiger partial charge >= 0.3 is 5.97 Å². The fraction of sp³-hybridized carbons (Fsp3) is 0.550. The van der Waals surface area contributed by atoms with E-state index in [1.54, 1.807) is 29.2 Å². The van der Waals surface area contributed by atoms with E-state index in [9.17, 15) is 14.4 Å². The second-order valence-electron chi connectivity index (χ2n) is 7.37. The summed E-state index contributed by atoms with van der Waals surface area (Å²) in [5.74, 6) is -0.244. The number of nitrogens with one attached hydrogen (secondary N) is 1. The van der Waals surface area contributed by atoms with Crippen LogP contribution in [0.4, 0.5) is 0 Å². The summed E-state index contributed by atoms with van der Waals surface area (Å²) in [5.41, 5.74) is 1.19. The third kappa shape index (κ3) is 5.07. The first-order chi connectivity index (χ1) is 12.5. The molecule has 1 unspecified atom stereocenters. The van der Waals surface area contributed by atoms with Crippen molar-refractivity contribution in [2.75, 3.05) is 19.6 Å². The average molecular weight is 358 g/mol. The number of aromatic carboxylic acids is 1. The summed E-state index contributed by atoms with van der Waals surface area (Å²) in [6.07, 6.45) is 5.08. The molecule has 0 radical (unpaired) electrons. The molecule has 0 spiro atoms. The molecule has 2 amide bonds. The number of carbonyl (C=O) groups is 3. The normalized spacial score (nSPS) is 19.8. The first-order valence-corrected chi connectivity index (χ1v) is 9.40. The maximum absolute atomic E-state index is 12.5. The Morgan fingerprint density at radius 3 is 2.50 bits per heavy atom. The van der Waals surface area contributed by atoms with E-state index in [1.165, 1.54) is 12.8 Å². The van der Waals surface area contributed by atoms with Crippen molar-refractivity contribution in [3.05, 3.63) is 35.4 Å². The molecule has 3 rings (SSSR count). The Morgan fingerprint density at radius 1 is 1.12 bits per heavy atom. The second-order valence-corrected chi connectivity index (χ2v) is 7.37. The van der Waals surface area contributed by atoms with Gasteiger partial charge in [-0.05, 0) is 55.7 Å². The zero-order chi connectivity index (χ0) is 18.5. The third-order valence-corrected chi connectivity index (χ3v) is 5.24. The van der Waals surface area contributed by atoms with Gasteiger partial charge in [0, 0.05) is 26.1 Å².